The Morgan fingerprint density at radius 2 is 2.17 bits per heavy atom. The molecular formula is C6H13N5O. The van der Waals surface area contributed by atoms with Gasteiger partial charge in [0.2, 0.25) is 0 Å². The van der Waals surface area contributed by atoms with Crippen LogP contribution in [0.3, 0.4) is 0 Å². The Balaban J connectivity index is 3.02. The van der Waals surface area contributed by atoms with Crippen molar-refractivity contribution in [3.05, 3.63) is 10.5 Å². The molecule has 12 heavy (non-hydrogen) atoms. The molecule has 0 saturated heterocycles. The van der Waals surface area contributed by atoms with Gasteiger partial charge in [-0.25, -0.2) is 4.79 Å². The molecule has 1 heterocycles. The fraction of sp³-hybridized carbons (Fsp3) is 0.833. The first kappa shape index (κ1) is 8.92. The van der Waals surface area contributed by atoms with Crippen LogP contribution in [0.4, 0.5) is 0 Å². The Morgan fingerprint density at radius 1 is 1.50 bits per heavy atom. The van der Waals surface area contributed by atoms with Crippen molar-refractivity contribution in [2.24, 2.45) is 5.73 Å². The summed E-state index contributed by atoms with van der Waals surface area (Å²) in [6.07, 6.45) is 0.306. The summed E-state index contributed by atoms with van der Waals surface area (Å²) < 4.78 is 2.47. The molecule has 0 radical (unpaired) electrons. The van der Waals surface area contributed by atoms with Gasteiger partial charge in [0.05, 0.1) is 0 Å². The van der Waals surface area contributed by atoms with E-state index in [1.165, 1.54) is 9.36 Å². The lowest BCUT2D eigenvalue weighted by molar-refractivity contribution is 0.432. The predicted molar refractivity (Wildman–Crippen MR) is 43.5 cm³/mol. The van der Waals surface area contributed by atoms with Gasteiger partial charge in [-0.1, -0.05) is 6.92 Å². The van der Waals surface area contributed by atoms with Crippen LogP contribution in [0.1, 0.15) is 26.4 Å². The fourth-order valence-electron chi connectivity index (χ4n) is 0.866. The van der Waals surface area contributed by atoms with E-state index >= 15 is 0 Å². The number of hydrogen-bond acceptors (Lipinski definition) is 4. The van der Waals surface area contributed by atoms with Crippen molar-refractivity contribution in [3.63, 3.8) is 0 Å². The summed E-state index contributed by atoms with van der Waals surface area (Å²) in [5.41, 5.74) is 5.37. The highest BCUT2D eigenvalue weighted by Crippen LogP contribution is 1.94. The van der Waals surface area contributed by atoms with Gasteiger partial charge in [0, 0.05) is 6.54 Å². The van der Waals surface area contributed by atoms with E-state index in [-0.39, 0.29) is 11.9 Å². The molecule has 0 fully saturated rings. The Labute approximate surface area is 70.0 Å². The molecule has 0 aliphatic carbocycles. The average molecular weight is 171 g/mol. The van der Waals surface area contributed by atoms with Gasteiger partial charge in [-0.2, -0.15) is 9.36 Å². The standard InChI is InChI=1S/C6H13N5O/c1-3-5(7)11-6(12)10(4-2)8-9-11/h5H,3-4,7H2,1-2H3. The maximum Gasteiger partial charge on any atom is 0.365 e. The third-order valence-corrected chi connectivity index (χ3v) is 1.69. The van der Waals surface area contributed by atoms with Crippen LogP contribution in [0.2, 0.25) is 0 Å². The van der Waals surface area contributed by atoms with Crippen molar-refractivity contribution in [2.45, 2.75) is 33.0 Å². The van der Waals surface area contributed by atoms with Crippen LogP contribution >= 0.6 is 0 Å². The lowest BCUT2D eigenvalue weighted by atomic mass is 10.4. The largest absolute Gasteiger partial charge is 0.365 e. The maximum absolute atomic E-state index is 11.3. The van der Waals surface area contributed by atoms with Crippen molar-refractivity contribution in [3.8, 4) is 0 Å². The van der Waals surface area contributed by atoms with Crippen molar-refractivity contribution in [2.75, 3.05) is 0 Å². The summed E-state index contributed by atoms with van der Waals surface area (Å²) in [4.78, 5) is 11.3. The summed E-state index contributed by atoms with van der Waals surface area (Å²) in [5, 5.41) is 7.29. The van der Waals surface area contributed by atoms with Crippen molar-refractivity contribution in [1.29, 1.82) is 0 Å². The number of rotatable bonds is 3. The van der Waals surface area contributed by atoms with E-state index in [1.807, 2.05) is 13.8 Å². The van der Waals surface area contributed by atoms with Gasteiger partial charge in [0.25, 0.3) is 0 Å². The molecule has 68 valence electrons. The summed E-state index contributed by atoms with van der Waals surface area (Å²) in [6.45, 7) is 4.25. The molecule has 0 bridgehead atoms. The SMILES string of the molecule is CCC(N)n1nnn(CC)c1=O. The van der Waals surface area contributed by atoms with Gasteiger partial charge in [0.1, 0.15) is 6.17 Å². The third-order valence-electron chi connectivity index (χ3n) is 1.69. The summed E-state index contributed by atoms with van der Waals surface area (Å²) in [6, 6.07) is 0. The van der Waals surface area contributed by atoms with Crippen LogP contribution in [0.25, 0.3) is 0 Å². The summed E-state index contributed by atoms with van der Waals surface area (Å²) in [7, 11) is 0. The number of aromatic nitrogens is 4. The molecule has 0 aliphatic rings. The molecule has 1 rings (SSSR count). The molecule has 0 spiro atoms. The van der Waals surface area contributed by atoms with E-state index in [0.717, 1.165) is 0 Å². The fourth-order valence-corrected chi connectivity index (χ4v) is 0.866. The van der Waals surface area contributed by atoms with Crippen molar-refractivity contribution in [1.82, 2.24) is 19.8 Å². The molecule has 0 saturated carbocycles. The first-order valence-electron chi connectivity index (χ1n) is 3.98. The molecule has 1 atom stereocenters. The number of aryl methyl sites for hydroxylation is 1. The zero-order valence-electron chi connectivity index (χ0n) is 7.27. The second kappa shape index (κ2) is 3.48. The van der Waals surface area contributed by atoms with Gasteiger partial charge in [-0.05, 0) is 23.8 Å². The van der Waals surface area contributed by atoms with Crippen LogP contribution < -0.4 is 11.4 Å². The molecule has 1 aromatic rings. The Kier molecular flexibility index (Phi) is 2.59. The van der Waals surface area contributed by atoms with Gasteiger partial charge in [-0.3, -0.25) is 0 Å². The molecule has 1 unspecified atom stereocenters. The Bertz CT molecular complexity index is 301. The second-order valence-corrected chi connectivity index (χ2v) is 2.50. The van der Waals surface area contributed by atoms with Crippen molar-refractivity contribution >= 4 is 0 Å². The van der Waals surface area contributed by atoms with Crippen LogP contribution in [0.5, 0.6) is 0 Å². The van der Waals surface area contributed by atoms with Gasteiger partial charge >= 0.3 is 5.69 Å². The highest BCUT2D eigenvalue weighted by atomic mass is 16.2. The summed E-state index contributed by atoms with van der Waals surface area (Å²) in [5.74, 6) is 0. The molecule has 2 N–H and O–H groups in total. The van der Waals surface area contributed by atoms with E-state index in [1.54, 1.807) is 0 Å². The van der Waals surface area contributed by atoms with Crippen molar-refractivity contribution < 1.29 is 0 Å². The lowest BCUT2D eigenvalue weighted by Gasteiger charge is -2.04. The van der Waals surface area contributed by atoms with E-state index in [2.05, 4.69) is 10.4 Å². The van der Waals surface area contributed by atoms with Crippen LogP contribution in [-0.4, -0.2) is 19.8 Å². The molecule has 1 aromatic heterocycles. The third kappa shape index (κ3) is 1.38. The molecule has 6 nitrogen and oxygen atoms in total. The lowest BCUT2D eigenvalue weighted by Crippen LogP contribution is -2.31. The minimum absolute atomic E-state index is 0.244. The zero-order valence-corrected chi connectivity index (χ0v) is 7.27. The number of hydrogen-bond donors (Lipinski definition) is 1. The first-order valence-corrected chi connectivity index (χ1v) is 3.98. The van der Waals surface area contributed by atoms with Crippen LogP contribution in [0.15, 0.2) is 4.79 Å². The highest BCUT2D eigenvalue weighted by Gasteiger charge is 2.09. The van der Waals surface area contributed by atoms with E-state index in [0.29, 0.717) is 13.0 Å². The Morgan fingerprint density at radius 3 is 2.58 bits per heavy atom. The predicted octanol–water partition coefficient (Wildman–Crippen LogP) is -0.673. The van der Waals surface area contributed by atoms with Gasteiger partial charge < -0.3 is 5.73 Å². The smallest absolute Gasteiger partial charge is 0.309 e. The number of nitrogens with two attached hydrogens (primary N) is 1. The monoisotopic (exact) mass is 171 g/mol. The molecule has 6 heteroatoms. The van der Waals surface area contributed by atoms with E-state index in [9.17, 15) is 4.79 Å². The number of tetrazole rings is 1. The normalized spacial score (nSPS) is 13.2. The van der Waals surface area contributed by atoms with E-state index in [4.69, 9.17) is 5.73 Å². The average Bonchev–Trinajstić information content (AvgIpc) is 2.45. The Hall–Kier alpha value is -1.17. The zero-order chi connectivity index (χ0) is 9.14. The minimum atomic E-state index is -0.363. The first-order chi connectivity index (χ1) is 5.70. The topological polar surface area (TPSA) is 78.7 Å². The molecule has 0 aromatic carbocycles. The number of nitrogens with zero attached hydrogens (tertiary/aromatic N) is 4. The van der Waals surface area contributed by atoms with Crippen LogP contribution in [0, 0.1) is 0 Å². The minimum Gasteiger partial charge on any atom is -0.309 e. The molecule has 0 amide bonds. The van der Waals surface area contributed by atoms with Crippen LogP contribution in [-0.2, 0) is 6.54 Å². The second-order valence-electron chi connectivity index (χ2n) is 2.50. The maximum atomic E-state index is 11.3. The highest BCUT2D eigenvalue weighted by molar-refractivity contribution is 4.62. The molecule has 0 aliphatic heterocycles. The molecular weight excluding hydrogens is 158 g/mol. The van der Waals surface area contributed by atoms with Gasteiger partial charge in [-0.15, -0.1) is 0 Å². The summed E-state index contributed by atoms with van der Waals surface area (Å²) >= 11 is 0. The quantitative estimate of drug-likeness (QED) is 0.654. The van der Waals surface area contributed by atoms with Gasteiger partial charge in [0.15, 0.2) is 0 Å². The van der Waals surface area contributed by atoms with E-state index < -0.39 is 0 Å².